The highest BCUT2D eigenvalue weighted by atomic mass is 16.5. The molecular weight excluding hydrogens is 662 g/mol. The number of H-pyrrole nitrogens is 1. The first-order chi connectivity index (χ1) is 25.0. The van der Waals surface area contributed by atoms with Crippen LogP contribution in [0.15, 0.2) is 41.4 Å². The standard InChI is InChI=1S/C39H47N7O6/c1-22(2)33(43-38(49)51-5)36(47)45-17-7-9-31(45)30-21-26-19-24(13-15-27(26)40-30)11-12-25-14-16-28-29(20-25)42-35(41-28)32-10-8-18-46(32)37(48)34(23(3)4)44-39(50)52-6/h13-16,19-20,22-23,31-34H,7-10,17-18,21H2,1-6H3,(H,41,42)(H,43,49)(H,44,50)/t31-,32-,33-,34-/m0/s1. The van der Waals surface area contributed by atoms with E-state index in [0.717, 1.165) is 64.8 Å². The van der Waals surface area contributed by atoms with E-state index < -0.39 is 24.3 Å². The van der Waals surface area contributed by atoms with Crippen molar-refractivity contribution in [3.05, 3.63) is 58.9 Å². The van der Waals surface area contributed by atoms with Crippen molar-refractivity contribution in [1.82, 2.24) is 30.4 Å². The molecule has 4 amide bonds. The highest BCUT2D eigenvalue weighted by molar-refractivity contribution is 6.01. The molecule has 3 aliphatic rings. The van der Waals surface area contributed by atoms with Crippen LogP contribution in [0.25, 0.3) is 11.0 Å². The van der Waals surface area contributed by atoms with Crippen LogP contribution >= 0.6 is 0 Å². The second-order valence-corrected chi connectivity index (χ2v) is 14.3. The van der Waals surface area contributed by atoms with Gasteiger partial charge < -0.3 is 34.9 Å². The van der Waals surface area contributed by atoms with Crippen LogP contribution < -0.4 is 10.6 Å². The lowest BCUT2D eigenvalue weighted by atomic mass is 9.99. The molecule has 4 atom stereocenters. The zero-order valence-corrected chi connectivity index (χ0v) is 30.6. The fraction of sp³-hybridized carbons (Fsp3) is 0.487. The van der Waals surface area contributed by atoms with Crippen LogP contribution in [0.4, 0.5) is 15.3 Å². The normalized spacial score (nSPS) is 19.2. The van der Waals surface area contributed by atoms with E-state index in [-0.39, 0.29) is 35.7 Å². The van der Waals surface area contributed by atoms with Gasteiger partial charge in [0, 0.05) is 36.3 Å². The molecule has 13 heteroatoms. The maximum absolute atomic E-state index is 13.6. The number of nitrogens with one attached hydrogen (secondary N) is 3. The number of aromatic nitrogens is 2. The number of rotatable bonds is 8. The molecule has 0 bridgehead atoms. The average molecular weight is 710 g/mol. The molecule has 52 heavy (non-hydrogen) atoms. The van der Waals surface area contributed by atoms with E-state index in [4.69, 9.17) is 19.5 Å². The third-order valence-corrected chi connectivity index (χ3v) is 10.1. The SMILES string of the molecule is COC(=O)N[C@H](C(=O)N1CCC[C@H]1C1=Nc2ccc(C#Cc3ccc4nc([C@@H]5CCCN5C(=O)[C@@H](NC(=O)OC)C(C)C)[nH]c4c3)cc2C1)C(C)C. The van der Waals surface area contributed by atoms with Crippen LogP contribution in [0.2, 0.25) is 0 Å². The lowest BCUT2D eigenvalue weighted by Crippen LogP contribution is -2.53. The van der Waals surface area contributed by atoms with E-state index in [1.54, 1.807) is 4.90 Å². The zero-order valence-electron chi connectivity index (χ0n) is 30.6. The van der Waals surface area contributed by atoms with E-state index >= 15 is 0 Å². The number of alkyl carbamates (subject to hydrolysis) is 2. The van der Waals surface area contributed by atoms with E-state index in [9.17, 15) is 19.2 Å². The molecule has 3 N–H and O–H groups in total. The quantitative estimate of drug-likeness (QED) is 0.278. The van der Waals surface area contributed by atoms with Crippen LogP contribution in [0.1, 0.15) is 81.9 Å². The Balaban J connectivity index is 1.13. The minimum absolute atomic E-state index is 0.0955. The molecular formula is C39H47N7O6. The topological polar surface area (TPSA) is 158 Å². The summed E-state index contributed by atoms with van der Waals surface area (Å²) in [5, 5.41) is 5.40. The largest absolute Gasteiger partial charge is 0.453 e. The van der Waals surface area contributed by atoms with E-state index in [2.05, 4.69) is 33.5 Å². The number of aromatic amines is 1. The predicted octanol–water partition coefficient (Wildman–Crippen LogP) is 5.01. The number of benzene rings is 2. The molecule has 1 aromatic heterocycles. The summed E-state index contributed by atoms with van der Waals surface area (Å²) in [6.07, 6.45) is 2.69. The van der Waals surface area contributed by atoms with Crippen molar-refractivity contribution < 1.29 is 28.7 Å². The summed E-state index contributed by atoms with van der Waals surface area (Å²) in [7, 11) is 2.58. The number of hydrogen-bond acceptors (Lipinski definition) is 8. The fourth-order valence-electron chi connectivity index (χ4n) is 7.35. The second-order valence-electron chi connectivity index (χ2n) is 14.3. The molecule has 2 aromatic carbocycles. The van der Waals surface area contributed by atoms with Gasteiger partial charge in [-0.3, -0.25) is 14.6 Å². The van der Waals surface area contributed by atoms with Gasteiger partial charge in [-0.1, -0.05) is 39.5 Å². The maximum Gasteiger partial charge on any atom is 0.407 e. The second kappa shape index (κ2) is 15.5. The molecule has 2 fully saturated rings. The van der Waals surface area contributed by atoms with Crippen molar-refractivity contribution in [3.63, 3.8) is 0 Å². The van der Waals surface area contributed by atoms with Crippen LogP contribution in [0.3, 0.4) is 0 Å². The molecule has 274 valence electrons. The number of methoxy groups -OCH3 is 2. The van der Waals surface area contributed by atoms with Crippen LogP contribution in [-0.4, -0.2) is 94.9 Å². The zero-order chi connectivity index (χ0) is 37.1. The van der Waals surface area contributed by atoms with E-state index in [1.165, 1.54) is 14.2 Å². The summed E-state index contributed by atoms with van der Waals surface area (Å²) < 4.78 is 9.51. The molecule has 0 unspecified atom stereocenters. The Morgan fingerprint density at radius 2 is 1.37 bits per heavy atom. The Kier molecular flexibility index (Phi) is 10.8. The lowest BCUT2D eigenvalue weighted by molar-refractivity contribution is -0.135. The number of carbonyl (C=O) groups is 4. The van der Waals surface area contributed by atoms with Gasteiger partial charge in [0.1, 0.15) is 17.9 Å². The number of hydrogen-bond donors (Lipinski definition) is 3. The van der Waals surface area contributed by atoms with Crippen LogP contribution in [-0.2, 0) is 25.5 Å². The van der Waals surface area contributed by atoms with Gasteiger partial charge in [-0.25, -0.2) is 14.6 Å². The van der Waals surface area contributed by atoms with Crippen LogP contribution in [0, 0.1) is 23.7 Å². The Bertz CT molecular complexity index is 1960. The van der Waals surface area contributed by atoms with Crippen molar-refractivity contribution in [2.45, 2.75) is 84.0 Å². The highest BCUT2D eigenvalue weighted by Gasteiger charge is 2.39. The maximum atomic E-state index is 13.6. The monoisotopic (exact) mass is 709 g/mol. The summed E-state index contributed by atoms with van der Waals surface area (Å²) in [5.41, 5.74) is 6.21. The first-order valence-electron chi connectivity index (χ1n) is 18.0. The van der Waals surface area contributed by atoms with Crippen molar-refractivity contribution >= 4 is 46.4 Å². The number of ether oxygens (including phenoxy) is 2. The van der Waals surface area contributed by atoms with Gasteiger partial charge in [0.25, 0.3) is 0 Å². The third-order valence-electron chi connectivity index (χ3n) is 10.1. The molecule has 0 aliphatic carbocycles. The third kappa shape index (κ3) is 7.61. The lowest BCUT2D eigenvalue weighted by Gasteiger charge is -2.30. The van der Waals surface area contributed by atoms with Gasteiger partial charge in [-0.2, -0.15) is 0 Å². The molecule has 3 aromatic rings. The summed E-state index contributed by atoms with van der Waals surface area (Å²) >= 11 is 0. The average Bonchev–Trinajstić information content (AvgIpc) is 3.95. The molecule has 0 spiro atoms. The minimum Gasteiger partial charge on any atom is -0.453 e. The fourth-order valence-corrected chi connectivity index (χ4v) is 7.35. The van der Waals surface area contributed by atoms with Crippen molar-refractivity contribution in [1.29, 1.82) is 0 Å². The van der Waals surface area contributed by atoms with Gasteiger partial charge in [0.05, 0.1) is 43.0 Å². The minimum atomic E-state index is -0.697. The summed E-state index contributed by atoms with van der Waals surface area (Å²) in [5.74, 6) is 6.82. The van der Waals surface area contributed by atoms with Crippen molar-refractivity contribution in [3.8, 4) is 11.8 Å². The summed E-state index contributed by atoms with van der Waals surface area (Å²) in [6.45, 7) is 8.81. The number of fused-ring (bicyclic) bond motifs is 2. The molecule has 0 radical (unpaired) electrons. The molecule has 4 heterocycles. The Morgan fingerprint density at radius 3 is 1.96 bits per heavy atom. The number of aliphatic imine (C=N–C) groups is 1. The van der Waals surface area contributed by atoms with Gasteiger partial charge in [-0.15, -0.1) is 0 Å². The predicted molar refractivity (Wildman–Crippen MR) is 196 cm³/mol. The number of likely N-dealkylation sites (tertiary alicyclic amines) is 2. The summed E-state index contributed by atoms with van der Waals surface area (Å²) in [6, 6.07) is 10.1. The van der Waals surface area contributed by atoms with Crippen LogP contribution in [0.5, 0.6) is 0 Å². The number of carbonyl (C=O) groups excluding carboxylic acids is 4. The van der Waals surface area contributed by atoms with Crippen molar-refractivity contribution in [2.75, 3.05) is 27.3 Å². The Hall–Kier alpha value is -5.38. The number of nitrogens with zero attached hydrogens (tertiary/aromatic N) is 4. The van der Waals surface area contributed by atoms with Crippen molar-refractivity contribution in [2.24, 2.45) is 16.8 Å². The first kappa shape index (κ1) is 36.4. The van der Waals surface area contributed by atoms with E-state index in [0.29, 0.717) is 25.3 Å². The van der Waals surface area contributed by atoms with Gasteiger partial charge in [0.15, 0.2) is 0 Å². The molecule has 2 saturated heterocycles. The number of imidazole rings is 1. The van der Waals surface area contributed by atoms with Gasteiger partial charge >= 0.3 is 12.2 Å². The molecule has 3 aliphatic heterocycles. The Morgan fingerprint density at radius 1 is 0.808 bits per heavy atom. The summed E-state index contributed by atoms with van der Waals surface area (Å²) in [4.78, 5) is 67.9. The van der Waals surface area contributed by atoms with E-state index in [1.807, 2.05) is 62.9 Å². The smallest absolute Gasteiger partial charge is 0.407 e. The Labute approximate surface area is 303 Å². The first-order valence-corrected chi connectivity index (χ1v) is 18.0. The highest BCUT2D eigenvalue weighted by Crippen LogP contribution is 2.34. The molecule has 0 saturated carbocycles. The van der Waals surface area contributed by atoms with Gasteiger partial charge in [0.2, 0.25) is 11.8 Å². The number of amides is 4. The molecule has 6 rings (SSSR count). The van der Waals surface area contributed by atoms with Gasteiger partial charge in [-0.05, 0) is 79.5 Å². The molecule has 13 nitrogen and oxygen atoms in total.